The van der Waals surface area contributed by atoms with Gasteiger partial charge in [-0.2, -0.15) is 0 Å². The summed E-state index contributed by atoms with van der Waals surface area (Å²) in [6.07, 6.45) is 2.25. The number of hydrogen-bond donors (Lipinski definition) is 1. The second-order valence-corrected chi connectivity index (χ2v) is 6.32. The van der Waals surface area contributed by atoms with Crippen molar-refractivity contribution in [2.45, 2.75) is 18.3 Å². The molecule has 0 saturated heterocycles. The molecule has 3 rings (SSSR count). The zero-order chi connectivity index (χ0) is 14.2. The number of carbonyl (C=O) groups excluding carboxylic acids is 1. The van der Waals surface area contributed by atoms with E-state index < -0.39 is 0 Å². The van der Waals surface area contributed by atoms with Crippen molar-refractivity contribution in [1.29, 1.82) is 0 Å². The first-order valence-corrected chi connectivity index (χ1v) is 7.55. The number of rotatable bonds is 4. The van der Waals surface area contributed by atoms with E-state index in [1.54, 1.807) is 0 Å². The van der Waals surface area contributed by atoms with Gasteiger partial charge in [-0.05, 0) is 48.7 Å². The molecular formula is C17H16BrNO. The summed E-state index contributed by atoms with van der Waals surface area (Å²) in [6.45, 7) is 0.656. The second-order valence-electron chi connectivity index (χ2n) is 5.40. The van der Waals surface area contributed by atoms with Gasteiger partial charge in [0.2, 0.25) is 0 Å². The summed E-state index contributed by atoms with van der Waals surface area (Å²) in [7, 11) is 0. The molecule has 0 unspecified atom stereocenters. The van der Waals surface area contributed by atoms with Gasteiger partial charge in [-0.25, -0.2) is 0 Å². The first-order chi connectivity index (χ1) is 9.64. The quantitative estimate of drug-likeness (QED) is 0.869. The lowest BCUT2D eigenvalue weighted by Gasteiger charge is -2.13. The number of benzene rings is 2. The fourth-order valence-electron chi connectivity index (χ4n) is 2.52. The molecule has 0 bridgehead atoms. The van der Waals surface area contributed by atoms with E-state index in [1.807, 2.05) is 42.5 Å². The molecule has 0 heterocycles. The fourth-order valence-corrected chi connectivity index (χ4v) is 2.78. The summed E-state index contributed by atoms with van der Waals surface area (Å²) in [5.74, 6) is 0.0622. The van der Waals surface area contributed by atoms with E-state index in [9.17, 15) is 4.79 Å². The Labute approximate surface area is 127 Å². The minimum absolute atomic E-state index is 0.0622. The molecule has 2 N–H and O–H groups in total. The zero-order valence-electron chi connectivity index (χ0n) is 11.1. The molecule has 0 aromatic heterocycles. The third kappa shape index (κ3) is 2.43. The van der Waals surface area contributed by atoms with Gasteiger partial charge in [0.25, 0.3) is 0 Å². The van der Waals surface area contributed by atoms with Crippen molar-refractivity contribution in [2.24, 2.45) is 5.73 Å². The number of carbonyl (C=O) groups is 1. The molecule has 0 aliphatic heterocycles. The lowest BCUT2D eigenvalue weighted by Crippen LogP contribution is -2.20. The summed E-state index contributed by atoms with van der Waals surface area (Å²) in [6, 6.07) is 15.4. The molecule has 20 heavy (non-hydrogen) atoms. The van der Waals surface area contributed by atoms with Crippen molar-refractivity contribution < 1.29 is 4.79 Å². The minimum Gasteiger partial charge on any atom is -0.330 e. The normalized spacial score (nSPS) is 15.9. The zero-order valence-corrected chi connectivity index (χ0v) is 12.7. The molecule has 1 aliphatic carbocycles. The monoisotopic (exact) mass is 329 g/mol. The molecule has 1 aliphatic rings. The number of hydrogen-bond acceptors (Lipinski definition) is 2. The Morgan fingerprint density at radius 3 is 2.40 bits per heavy atom. The van der Waals surface area contributed by atoms with Gasteiger partial charge < -0.3 is 5.73 Å². The summed E-state index contributed by atoms with van der Waals surface area (Å²) in [4.78, 5) is 12.5. The van der Waals surface area contributed by atoms with Crippen LogP contribution in [0.1, 0.15) is 34.3 Å². The van der Waals surface area contributed by atoms with E-state index in [2.05, 4.69) is 22.0 Å². The third-order valence-electron chi connectivity index (χ3n) is 4.09. The fraction of sp³-hybridized carbons (Fsp3) is 0.235. The maximum Gasteiger partial charge on any atom is 0.193 e. The van der Waals surface area contributed by atoms with Crippen molar-refractivity contribution in [2.75, 3.05) is 6.54 Å². The molecule has 1 saturated carbocycles. The molecule has 0 amide bonds. The molecule has 3 heteroatoms. The van der Waals surface area contributed by atoms with Crippen LogP contribution in [0.25, 0.3) is 0 Å². The summed E-state index contributed by atoms with van der Waals surface area (Å²) in [5, 5.41) is 0. The Morgan fingerprint density at radius 1 is 1.10 bits per heavy atom. The number of ketones is 1. The Kier molecular flexibility index (Phi) is 3.48. The first-order valence-electron chi connectivity index (χ1n) is 6.75. The van der Waals surface area contributed by atoms with Gasteiger partial charge in [0.1, 0.15) is 0 Å². The SMILES string of the molecule is NCC1(c2cccc(C(=O)c3ccc(Br)cc3)c2)CC1. The van der Waals surface area contributed by atoms with Gasteiger partial charge in [0.05, 0.1) is 0 Å². The molecule has 1 fully saturated rings. The topological polar surface area (TPSA) is 43.1 Å². The van der Waals surface area contributed by atoms with Crippen LogP contribution < -0.4 is 5.73 Å². The average Bonchev–Trinajstić information content (AvgIpc) is 3.29. The summed E-state index contributed by atoms with van der Waals surface area (Å²) < 4.78 is 0.975. The average molecular weight is 330 g/mol. The second kappa shape index (κ2) is 5.15. The maximum atomic E-state index is 12.5. The van der Waals surface area contributed by atoms with E-state index in [4.69, 9.17) is 5.73 Å². The van der Waals surface area contributed by atoms with Crippen LogP contribution in [0.3, 0.4) is 0 Å². The Balaban J connectivity index is 1.92. The molecule has 2 nitrogen and oxygen atoms in total. The molecule has 0 spiro atoms. The van der Waals surface area contributed by atoms with Crippen LogP contribution >= 0.6 is 15.9 Å². The molecule has 2 aromatic rings. The van der Waals surface area contributed by atoms with E-state index in [0.29, 0.717) is 12.1 Å². The van der Waals surface area contributed by atoms with Crippen LogP contribution in [-0.2, 0) is 5.41 Å². The van der Waals surface area contributed by atoms with Crippen molar-refractivity contribution in [3.8, 4) is 0 Å². The maximum absolute atomic E-state index is 12.5. The van der Waals surface area contributed by atoms with Gasteiger partial charge >= 0.3 is 0 Å². The minimum atomic E-state index is 0.0622. The molecule has 2 aromatic carbocycles. The molecule has 0 atom stereocenters. The summed E-state index contributed by atoms with van der Waals surface area (Å²) >= 11 is 3.38. The van der Waals surface area contributed by atoms with Gasteiger partial charge in [0, 0.05) is 27.6 Å². The van der Waals surface area contributed by atoms with Crippen molar-refractivity contribution in [3.63, 3.8) is 0 Å². The smallest absolute Gasteiger partial charge is 0.193 e. The Hall–Kier alpha value is -1.45. The van der Waals surface area contributed by atoms with Gasteiger partial charge in [-0.3, -0.25) is 4.79 Å². The first kappa shape index (κ1) is 13.5. The van der Waals surface area contributed by atoms with E-state index in [1.165, 1.54) is 5.56 Å². The van der Waals surface area contributed by atoms with Crippen LogP contribution in [0.15, 0.2) is 53.0 Å². The highest BCUT2D eigenvalue weighted by Gasteiger charge is 2.42. The van der Waals surface area contributed by atoms with Gasteiger partial charge in [-0.1, -0.05) is 34.1 Å². The third-order valence-corrected chi connectivity index (χ3v) is 4.62. The van der Waals surface area contributed by atoms with Crippen LogP contribution in [0.5, 0.6) is 0 Å². The Morgan fingerprint density at radius 2 is 1.80 bits per heavy atom. The van der Waals surface area contributed by atoms with Crippen molar-refractivity contribution in [3.05, 3.63) is 69.7 Å². The van der Waals surface area contributed by atoms with Gasteiger partial charge in [-0.15, -0.1) is 0 Å². The summed E-state index contributed by atoms with van der Waals surface area (Å²) in [5.41, 5.74) is 8.63. The molecular weight excluding hydrogens is 314 g/mol. The highest BCUT2D eigenvalue weighted by molar-refractivity contribution is 9.10. The van der Waals surface area contributed by atoms with Gasteiger partial charge in [0.15, 0.2) is 5.78 Å². The highest BCUT2D eigenvalue weighted by atomic mass is 79.9. The number of halogens is 1. The van der Waals surface area contributed by atoms with Crippen LogP contribution in [0.4, 0.5) is 0 Å². The largest absolute Gasteiger partial charge is 0.330 e. The lowest BCUT2D eigenvalue weighted by molar-refractivity contribution is 0.103. The van der Waals surface area contributed by atoms with Crippen LogP contribution in [0.2, 0.25) is 0 Å². The highest BCUT2D eigenvalue weighted by Crippen LogP contribution is 2.47. The predicted octanol–water partition coefficient (Wildman–Crippen LogP) is 3.67. The van der Waals surface area contributed by atoms with E-state index >= 15 is 0 Å². The standard InChI is InChI=1S/C17H16BrNO/c18-15-6-4-12(5-7-15)16(20)13-2-1-3-14(10-13)17(11-19)8-9-17/h1-7,10H,8-9,11,19H2. The lowest BCUT2D eigenvalue weighted by atomic mass is 9.92. The van der Waals surface area contributed by atoms with Crippen LogP contribution in [0, 0.1) is 0 Å². The van der Waals surface area contributed by atoms with E-state index in [0.717, 1.165) is 22.9 Å². The predicted molar refractivity (Wildman–Crippen MR) is 84.0 cm³/mol. The number of nitrogens with two attached hydrogens (primary N) is 1. The van der Waals surface area contributed by atoms with Crippen molar-refractivity contribution >= 4 is 21.7 Å². The Bertz CT molecular complexity index is 644. The molecule has 102 valence electrons. The van der Waals surface area contributed by atoms with E-state index in [-0.39, 0.29) is 11.2 Å². The molecule has 0 radical (unpaired) electrons. The van der Waals surface area contributed by atoms with Crippen molar-refractivity contribution in [1.82, 2.24) is 0 Å². The van der Waals surface area contributed by atoms with Crippen LogP contribution in [-0.4, -0.2) is 12.3 Å².